The standard InChI is InChI=1S/C23H27NO5/c1-15(25)18-19(21(27)29-22(2,3)4)24(20(18)26)23(28,16-11-7-5-8-12-16)17-13-9-6-10-14-17/h5-15,18-19,25,28H,1-4H3/t15-,18-,19+/m1/s1. The van der Waals surface area contributed by atoms with Crippen LogP contribution in [0.1, 0.15) is 38.8 Å². The van der Waals surface area contributed by atoms with Crippen LogP contribution in [0.4, 0.5) is 0 Å². The minimum absolute atomic E-state index is 0.442. The number of likely N-dealkylation sites (tertiary alicyclic amines) is 1. The molecule has 2 aromatic carbocycles. The average molecular weight is 397 g/mol. The zero-order chi connectivity index (χ0) is 21.4. The number of hydrogen-bond acceptors (Lipinski definition) is 5. The molecule has 6 heteroatoms. The van der Waals surface area contributed by atoms with E-state index in [0.29, 0.717) is 11.1 Å². The quantitative estimate of drug-likeness (QED) is 0.598. The topological polar surface area (TPSA) is 87.1 Å². The second-order valence-corrected chi connectivity index (χ2v) is 8.36. The fourth-order valence-corrected chi connectivity index (χ4v) is 3.74. The van der Waals surface area contributed by atoms with Crippen molar-refractivity contribution in [2.24, 2.45) is 5.92 Å². The van der Waals surface area contributed by atoms with Crippen LogP contribution in [-0.4, -0.2) is 44.7 Å². The number of carbonyl (C=O) groups is 2. The van der Waals surface area contributed by atoms with Crippen LogP contribution >= 0.6 is 0 Å². The molecule has 2 N–H and O–H groups in total. The monoisotopic (exact) mass is 397 g/mol. The summed E-state index contributed by atoms with van der Waals surface area (Å²) >= 11 is 0. The van der Waals surface area contributed by atoms with Crippen molar-refractivity contribution in [1.82, 2.24) is 4.90 Å². The number of esters is 1. The molecule has 0 aromatic heterocycles. The molecule has 1 aliphatic rings. The van der Waals surface area contributed by atoms with Crippen molar-refractivity contribution >= 4 is 11.9 Å². The maximum atomic E-state index is 13.1. The van der Waals surface area contributed by atoms with Crippen molar-refractivity contribution in [2.45, 2.75) is 51.2 Å². The molecule has 29 heavy (non-hydrogen) atoms. The number of rotatable bonds is 5. The smallest absolute Gasteiger partial charge is 0.330 e. The summed E-state index contributed by atoms with van der Waals surface area (Å²) in [5.41, 5.74) is -1.77. The first-order valence-corrected chi connectivity index (χ1v) is 9.65. The number of ether oxygens (including phenoxy) is 1. The first-order valence-electron chi connectivity index (χ1n) is 9.65. The van der Waals surface area contributed by atoms with Crippen molar-refractivity contribution in [2.75, 3.05) is 0 Å². The Morgan fingerprint density at radius 1 is 1.00 bits per heavy atom. The molecule has 1 saturated heterocycles. The molecule has 1 heterocycles. The number of carbonyl (C=O) groups excluding carboxylic acids is 2. The van der Waals surface area contributed by atoms with Crippen LogP contribution in [0, 0.1) is 5.92 Å². The normalized spacial score (nSPS) is 20.8. The van der Waals surface area contributed by atoms with Crippen LogP contribution in [-0.2, 0) is 20.1 Å². The van der Waals surface area contributed by atoms with E-state index in [1.807, 2.05) is 0 Å². The average Bonchev–Trinajstić information content (AvgIpc) is 2.65. The molecule has 0 bridgehead atoms. The second kappa shape index (κ2) is 7.61. The van der Waals surface area contributed by atoms with E-state index in [9.17, 15) is 19.8 Å². The van der Waals surface area contributed by atoms with E-state index in [1.54, 1.807) is 81.4 Å². The Balaban J connectivity index is 2.13. The van der Waals surface area contributed by atoms with Gasteiger partial charge in [-0.15, -0.1) is 0 Å². The zero-order valence-corrected chi connectivity index (χ0v) is 17.1. The molecule has 154 valence electrons. The lowest BCUT2D eigenvalue weighted by Crippen LogP contribution is -2.73. The summed E-state index contributed by atoms with van der Waals surface area (Å²) in [6, 6.07) is 16.3. The van der Waals surface area contributed by atoms with E-state index in [-0.39, 0.29) is 0 Å². The first-order chi connectivity index (χ1) is 13.6. The highest BCUT2D eigenvalue weighted by molar-refractivity contribution is 5.98. The molecule has 1 fully saturated rings. The second-order valence-electron chi connectivity index (χ2n) is 8.36. The maximum absolute atomic E-state index is 13.1. The van der Waals surface area contributed by atoms with Gasteiger partial charge in [-0.25, -0.2) is 4.79 Å². The van der Waals surface area contributed by atoms with Crippen LogP contribution in [0.2, 0.25) is 0 Å². The fraction of sp³-hybridized carbons (Fsp3) is 0.391. The van der Waals surface area contributed by atoms with E-state index in [0.717, 1.165) is 4.90 Å². The van der Waals surface area contributed by atoms with E-state index in [2.05, 4.69) is 0 Å². The lowest BCUT2D eigenvalue weighted by atomic mass is 9.77. The Kier molecular flexibility index (Phi) is 5.52. The molecule has 2 aromatic rings. The molecule has 0 radical (unpaired) electrons. The minimum Gasteiger partial charge on any atom is -0.458 e. The van der Waals surface area contributed by atoms with Gasteiger partial charge in [0.25, 0.3) is 0 Å². The number of aliphatic hydroxyl groups is 2. The third kappa shape index (κ3) is 3.78. The van der Waals surface area contributed by atoms with Crippen LogP contribution in [0.15, 0.2) is 60.7 Å². The summed E-state index contributed by atoms with van der Waals surface area (Å²) in [5, 5.41) is 22.0. The molecule has 1 amide bonds. The molecular formula is C23H27NO5. The maximum Gasteiger partial charge on any atom is 0.330 e. The van der Waals surface area contributed by atoms with E-state index >= 15 is 0 Å². The number of hydrogen-bond donors (Lipinski definition) is 2. The number of nitrogens with zero attached hydrogens (tertiary/aromatic N) is 1. The van der Waals surface area contributed by atoms with E-state index in [1.165, 1.54) is 6.92 Å². The van der Waals surface area contributed by atoms with Gasteiger partial charge in [0.05, 0.1) is 12.0 Å². The molecule has 0 unspecified atom stereocenters. The summed E-state index contributed by atoms with van der Waals surface area (Å²) < 4.78 is 5.51. The van der Waals surface area contributed by atoms with E-state index in [4.69, 9.17) is 4.74 Å². The predicted octanol–water partition coefficient (Wildman–Crippen LogP) is 2.43. The SMILES string of the molecule is C[C@@H](O)[C@H]1C(=O)N(C(O)(c2ccccc2)c2ccccc2)[C@@H]1C(=O)OC(C)(C)C. The lowest BCUT2D eigenvalue weighted by Gasteiger charge is -2.54. The van der Waals surface area contributed by atoms with E-state index < -0.39 is 41.3 Å². The Morgan fingerprint density at radius 3 is 1.83 bits per heavy atom. The molecular weight excluding hydrogens is 370 g/mol. The summed E-state index contributed by atoms with van der Waals surface area (Å²) in [7, 11) is 0. The third-order valence-corrected chi connectivity index (χ3v) is 5.01. The van der Waals surface area contributed by atoms with Crippen LogP contribution in [0.25, 0.3) is 0 Å². The molecule has 6 nitrogen and oxygen atoms in total. The largest absolute Gasteiger partial charge is 0.458 e. The van der Waals surface area contributed by atoms with Crippen molar-refractivity contribution in [1.29, 1.82) is 0 Å². The Bertz CT molecular complexity index is 834. The summed E-state index contributed by atoms with van der Waals surface area (Å²) in [6.45, 7) is 6.65. The van der Waals surface area contributed by atoms with Crippen molar-refractivity contribution in [3.63, 3.8) is 0 Å². The van der Waals surface area contributed by atoms with Gasteiger partial charge in [-0.2, -0.15) is 0 Å². The van der Waals surface area contributed by atoms with Gasteiger partial charge >= 0.3 is 5.97 Å². The summed E-state index contributed by atoms with van der Waals surface area (Å²) in [5.74, 6) is -2.15. The fourth-order valence-electron chi connectivity index (χ4n) is 3.74. The third-order valence-electron chi connectivity index (χ3n) is 5.01. The Hall–Kier alpha value is -2.70. The molecule has 0 aliphatic carbocycles. The van der Waals surface area contributed by atoms with Crippen molar-refractivity contribution < 1.29 is 24.5 Å². The highest BCUT2D eigenvalue weighted by Crippen LogP contribution is 2.44. The number of amides is 1. The predicted molar refractivity (Wildman–Crippen MR) is 108 cm³/mol. The number of β-lactam (4-membered cyclic amide) rings is 1. The molecule has 3 atom stereocenters. The van der Waals surface area contributed by atoms with Crippen molar-refractivity contribution in [3.05, 3.63) is 71.8 Å². The van der Waals surface area contributed by atoms with Crippen LogP contribution in [0.3, 0.4) is 0 Å². The van der Waals surface area contributed by atoms with Gasteiger partial charge in [-0.05, 0) is 27.7 Å². The number of aliphatic hydroxyl groups excluding tert-OH is 1. The molecule has 0 saturated carbocycles. The van der Waals surface area contributed by atoms with Crippen LogP contribution < -0.4 is 0 Å². The zero-order valence-electron chi connectivity index (χ0n) is 17.1. The van der Waals surface area contributed by atoms with Crippen LogP contribution in [0.5, 0.6) is 0 Å². The minimum atomic E-state index is -1.88. The Morgan fingerprint density at radius 2 is 1.45 bits per heavy atom. The molecule has 1 aliphatic heterocycles. The highest BCUT2D eigenvalue weighted by Gasteiger charge is 2.62. The van der Waals surface area contributed by atoms with Gasteiger partial charge in [0.2, 0.25) is 5.91 Å². The first kappa shape index (κ1) is 21.0. The number of benzene rings is 2. The van der Waals surface area contributed by atoms with Gasteiger partial charge in [0, 0.05) is 11.1 Å². The summed E-state index contributed by atoms with van der Waals surface area (Å²) in [4.78, 5) is 27.2. The Labute approximate surface area is 170 Å². The van der Waals surface area contributed by atoms with Crippen molar-refractivity contribution in [3.8, 4) is 0 Å². The van der Waals surface area contributed by atoms with Gasteiger partial charge < -0.3 is 14.9 Å². The van der Waals surface area contributed by atoms with Gasteiger partial charge in [0.15, 0.2) is 5.72 Å². The van der Waals surface area contributed by atoms with Gasteiger partial charge in [-0.3, -0.25) is 9.69 Å². The van der Waals surface area contributed by atoms with Gasteiger partial charge in [-0.1, -0.05) is 60.7 Å². The summed E-state index contributed by atoms with van der Waals surface area (Å²) in [6.07, 6.45) is -1.06. The lowest BCUT2D eigenvalue weighted by molar-refractivity contribution is -0.217. The van der Waals surface area contributed by atoms with Gasteiger partial charge in [0.1, 0.15) is 11.6 Å². The molecule has 3 rings (SSSR count). The molecule has 0 spiro atoms. The highest BCUT2D eigenvalue weighted by atomic mass is 16.6.